The van der Waals surface area contributed by atoms with Crippen LogP contribution in [0.3, 0.4) is 0 Å². The molecule has 1 aliphatic heterocycles. The number of methoxy groups -OCH3 is 1. The maximum atomic E-state index is 13.0. The second kappa shape index (κ2) is 6.53. The maximum Gasteiger partial charge on any atom is 0.337 e. The average Bonchev–Trinajstić information content (AvgIpc) is 3.24. The highest BCUT2D eigenvalue weighted by Crippen LogP contribution is 2.33. The summed E-state index contributed by atoms with van der Waals surface area (Å²) in [5.74, 6) is -0.455. The number of furan rings is 1. The molecule has 3 amide bonds. The molecule has 142 valence electrons. The van der Waals surface area contributed by atoms with Crippen LogP contribution in [0.1, 0.15) is 28.6 Å². The predicted molar refractivity (Wildman–Crippen MR) is 100 cm³/mol. The molecule has 2 heterocycles. The number of ether oxygens (including phenoxy) is 1. The summed E-state index contributed by atoms with van der Waals surface area (Å²) < 4.78 is 10.5. The summed E-state index contributed by atoms with van der Waals surface area (Å²) >= 11 is 0. The minimum Gasteiger partial charge on any atom is -0.465 e. The van der Waals surface area contributed by atoms with E-state index in [-0.39, 0.29) is 6.54 Å². The molecule has 1 unspecified atom stereocenters. The molecule has 0 bridgehead atoms. The van der Waals surface area contributed by atoms with Gasteiger partial charge in [-0.3, -0.25) is 9.69 Å². The van der Waals surface area contributed by atoms with Crippen LogP contribution >= 0.6 is 0 Å². The van der Waals surface area contributed by atoms with Crippen LogP contribution in [-0.2, 0) is 21.6 Å². The number of para-hydroxylation sites is 1. The first-order valence-corrected chi connectivity index (χ1v) is 8.73. The number of imide groups is 1. The van der Waals surface area contributed by atoms with Gasteiger partial charge in [0.25, 0.3) is 5.91 Å². The highest BCUT2D eigenvalue weighted by molar-refractivity contribution is 6.07. The van der Waals surface area contributed by atoms with E-state index in [0.29, 0.717) is 22.5 Å². The molecule has 3 aromatic rings. The zero-order chi connectivity index (χ0) is 19.9. The second-order valence-corrected chi connectivity index (χ2v) is 6.78. The Balaban J connectivity index is 1.59. The Morgan fingerprint density at radius 1 is 1.14 bits per heavy atom. The van der Waals surface area contributed by atoms with Crippen molar-refractivity contribution in [3.8, 4) is 0 Å². The van der Waals surface area contributed by atoms with Crippen LogP contribution in [0.5, 0.6) is 0 Å². The third-order valence-electron chi connectivity index (χ3n) is 4.91. The van der Waals surface area contributed by atoms with E-state index in [1.54, 1.807) is 37.3 Å². The molecule has 1 N–H and O–H groups in total. The number of rotatable bonds is 4. The van der Waals surface area contributed by atoms with Crippen molar-refractivity contribution in [1.82, 2.24) is 10.2 Å². The highest BCUT2D eigenvalue weighted by atomic mass is 16.5. The van der Waals surface area contributed by atoms with Gasteiger partial charge in [-0.2, -0.15) is 0 Å². The van der Waals surface area contributed by atoms with Crippen LogP contribution in [0.25, 0.3) is 11.0 Å². The summed E-state index contributed by atoms with van der Waals surface area (Å²) in [6, 6.07) is 15.2. The Morgan fingerprint density at radius 3 is 2.54 bits per heavy atom. The fourth-order valence-electron chi connectivity index (χ4n) is 3.28. The average molecular weight is 378 g/mol. The molecule has 0 saturated carbocycles. The minimum atomic E-state index is -1.28. The minimum absolute atomic E-state index is 0.0853. The number of esters is 1. The first-order chi connectivity index (χ1) is 13.4. The van der Waals surface area contributed by atoms with Crippen molar-refractivity contribution in [2.45, 2.75) is 19.0 Å². The summed E-state index contributed by atoms with van der Waals surface area (Å²) in [5, 5.41) is 3.59. The Labute approximate surface area is 160 Å². The van der Waals surface area contributed by atoms with Gasteiger partial charge in [-0.05, 0) is 36.8 Å². The first-order valence-electron chi connectivity index (χ1n) is 8.73. The molecule has 1 aliphatic rings. The van der Waals surface area contributed by atoms with Gasteiger partial charge in [0.05, 0.1) is 19.2 Å². The highest BCUT2D eigenvalue weighted by Gasteiger charge is 2.51. The maximum absolute atomic E-state index is 13.0. The normalized spacial score (nSPS) is 19.1. The first kappa shape index (κ1) is 17.8. The molecule has 1 fully saturated rings. The molecule has 2 aromatic carbocycles. The largest absolute Gasteiger partial charge is 0.465 e. The Bertz CT molecular complexity index is 1050. The van der Waals surface area contributed by atoms with Crippen molar-refractivity contribution in [3.05, 3.63) is 71.5 Å². The van der Waals surface area contributed by atoms with Gasteiger partial charge in [0.15, 0.2) is 5.54 Å². The topological polar surface area (TPSA) is 88.8 Å². The van der Waals surface area contributed by atoms with E-state index < -0.39 is 23.4 Å². The van der Waals surface area contributed by atoms with Crippen LogP contribution in [0.15, 0.2) is 59.0 Å². The number of amides is 3. The third-order valence-corrected chi connectivity index (χ3v) is 4.91. The lowest BCUT2D eigenvalue weighted by molar-refractivity contribution is -0.132. The van der Waals surface area contributed by atoms with Gasteiger partial charge < -0.3 is 14.5 Å². The van der Waals surface area contributed by atoms with E-state index in [9.17, 15) is 14.4 Å². The van der Waals surface area contributed by atoms with Crippen LogP contribution < -0.4 is 5.32 Å². The number of nitrogens with zero attached hydrogens (tertiary/aromatic N) is 1. The zero-order valence-corrected chi connectivity index (χ0v) is 15.4. The Morgan fingerprint density at radius 2 is 1.86 bits per heavy atom. The molecule has 1 aromatic heterocycles. The van der Waals surface area contributed by atoms with E-state index in [0.717, 1.165) is 10.3 Å². The van der Waals surface area contributed by atoms with Gasteiger partial charge in [-0.15, -0.1) is 0 Å². The van der Waals surface area contributed by atoms with Crippen LogP contribution in [-0.4, -0.2) is 29.9 Å². The van der Waals surface area contributed by atoms with Crippen molar-refractivity contribution in [3.63, 3.8) is 0 Å². The van der Waals surface area contributed by atoms with Gasteiger partial charge in [-0.1, -0.05) is 30.3 Å². The third kappa shape index (κ3) is 2.81. The van der Waals surface area contributed by atoms with Gasteiger partial charge in [0.1, 0.15) is 11.3 Å². The van der Waals surface area contributed by atoms with Gasteiger partial charge >= 0.3 is 12.0 Å². The SMILES string of the molecule is COC(=O)c1ccc(CN2C(=O)NC(C)(c3cc4ccccc4o3)C2=O)cc1. The molecule has 4 rings (SSSR count). The molecule has 28 heavy (non-hydrogen) atoms. The fourth-order valence-corrected chi connectivity index (χ4v) is 3.28. The lowest BCUT2D eigenvalue weighted by Crippen LogP contribution is -2.40. The van der Waals surface area contributed by atoms with Crippen molar-refractivity contribution >= 4 is 28.9 Å². The number of benzene rings is 2. The summed E-state index contributed by atoms with van der Waals surface area (Å²) in [6.07, 6.45) is 0. The standard InChI is InChI=1S/C21H18N2O5/c1-21(17-11-15-5-3-4-6-16(15)28-17)19(25)23(20(26)22-21)12-13-7-9-14(10-8-13)18(24)27-2/h3-11H,12H2,1-2H3,(H,22,26). The number of urea groups is 1. The smallest absolute Gasteiger partial charge is 0.337 e. The quantitative estimate of drug-likeness (QED) is 0.556. The summed E-state index contributed by atoms with van der Waals surface area (Å²) in [6.45, 7) is 1.72. The van der Waals surface area contributed by atoms with E-state index in [2.05, 4.69) is 10.1 Å². The van der Waals surface area contributed by atoms with Crippen molar-refractivity contribution in [2.75, 3.05) is 7.11 Å². The molecule has 0 spiro atoms. The summed E-state index contributed by atoms with van der Waals surface area (Å²) in [7, 11) is 1.31. The molecule has 0 radical (unpaired) electrons. The lowest BCUT2D eigenvalue weighted by atomic mass is 9.98. The summed E-state index contributed by atoms with van der Waals surface area (Å²) in [4.78, 5) is 38.2. The summed E-state index contributed by atoms with van der Waals surface area (Å²) in [5.41, 5.74) is 0.486. The van der Waals surface area contributed by atoms with E-state index >= 15 is 0 Å². The van der Waals surface area contributed by atoms with Crippen molar-refractivity contribution < 1.29 is 23.5 Å². The molecule has 1 saturated heterocycles. The number of nitrogens with one attached hydrogen (secondary N) is 1. The molecular weight excluding hydrogens is 360 g/mol. The zero-order valence-electron chi connectivity index (χ0n) is 15.4. The monoisotopic (exact) mass is 378 g/mol. The van der Waals surface area contributed by atoms with Gasteiger partial charge in [0.2, 0.25) is 0 Å². The van der Waals surface area contributed by atoms with Crippen LogP contribution in [0, 0.1) is 0 Å². The Hall–Kier alpha value is -3.61. The van der Waals surface area contributed by atoms with E-state index in [1.807, 2.05) is 24.3 Å². The number of hydrogen-bond acceptors (Lipinski definition) is 5. The molecule has 1 atom stereocenters. The molecule has 7 nitrogen and oxygen atoms in total. The lowest BCUT2D eigenvalue weighted by Gasteiger charge is -2.19. The number of hydrogen-bond donors (Lipinski definition) is 1. The molecule has 0 aliphatic carbocycles. The fraction of sp³-hybridized carbons (Fsp3) is 0.190. The molecular formula is C21H18N2O5. The predicted octanol–water partition coefficient (Wildman–Crippen LogP) is 3.19. The second-order valence-electron chi connectivity index (χ2n) is 6.78. The molecule has 7 heteroatoms. The number of carbonyl (C=O) groups is 3. The van der Waals surface area contributed by atoms with Crippen molar-refractivity contribution in [1.29, 1.82) is 0 Å². The number of carbonyl (C=O) groups excluding carboxylic acids is 3. The van der Waals surface area contributed by atoms with Crippen molar-refractivity contribution in [2.24, 2.45) is 0 Å². The number of fused-ring (bicyclic) bond motifs is 1. The van der Waals surface area contributed by atoms with Crippen LogP contribution in [0.2, 0.25) is 0 Å². The van der Waals surface area contributed by atoms with Gasteiger partial charge in [-0.25, -0.2) is 9.59 Å². The van der Waals surface area contributed by atoms with Crippen LogP contribution in [0.4, 0.5) is 4.79 Å². The van der Waals surface area contributed by atoms with E-state index in [1.165, 1.54) is 7.11 Å². The Kier molecular flexibility index (Phi) is 4.15. The van der Waals surface area contributed by atoms with E-state index in [4.69, 9.17) is 4.42 Å². The van der Waals surface area contributed by atoms with Gasteiger partial charge in [0, 0.05) is 5.39 Å².